The maximum absolute atomic E-state index is 12.1. The number of benzene rings is 1. The van der Waals surface area contributed by atoms with Gasteiger partial charge < -0.3 is 14.4 Å². The van der Waals surface area contributed by atoms with Gasteiger partial charge in [0.2, 0.25) is 0 Å². The summed E-state index contributed by atoms with van der Waals surface area (Å²) in [5.74, 6) is -1.06. The molecule has 0 unspecified atom stereocenters. The second-order valence-electron chi connectivity index (χ2n) is 5.31. The molecule has 0 atom stereocenters. The standard InChI is InChI=1S/C19H20N2O4S/c1-3-17(22)25-12-8-7-11-21-15-9-5-6-10-16(15)26-18(21)14(13-20)19(23)24-4-2/h3,5-6,9-10H,1,4,7-8,11-12H2,2H3. The average molecular weight is 372 g/mol. The monoisotopic (exact) mass is 372 g/mol. The highest BCUT2D eigenvalue weighted by Gasteiger charge is 2.30. The number of esters is 2. The third-order valence-electron chi connectivity index (χ3n) is 3.60. The molecule has 0 aliphatic carbocycles. The van der Waals surface area contributed by atoms with Gasteiger partial charge in [-0.2, -0.15) is 5.26 Å². The van der Waals surface area contributed by atoms with Gasteiger partial charge >= 0.3 is 11.9 Å². The number of hydrogen-bond acceptors (Lipinski definition) is 7. The summed E-state index contributed by atoms with van der Waals surface area (Å²) in [5.41, 5.74) is 0.957. The lowest BCUT2D eigenvalue weighted by atomic mass is 10.2. The number of para-hydroxylation sites is 1. The Morgan fingerprint density at radius 3 is 2.77 bits per heavy atom. The molecule has 0 N–H and O–H groups in total. The molecule has 0 aromatic heterocycles. The van der Waals surface area contributed by atoms with E-state index in [9.17, 15) is 14.9 Å². The normalized spacial score (nSPS) is 14.2. The fourth-order valence-electron chi connectivity index (χ4n) is 2.43. The highest BCUT2D eigenvalue weighted by molar-refractivity contribution is 8.03. The number of thioether (sulfide) groups is 1. The number of rotatable bonds is 8. The van der Waals surface area contributed by atoms with Gasteiger partial charge in [-0.05, 0) is 31.9 Å². The summed E-state index contributed by atoms with van der Waals surface area (Å²) in [6, 6.07) is 9.71. The van der Waals surface area contributed by atoms with Crippen molar-refractivity contribution in [2.75, 3.05) is 24.7 Å². The van der Waals surface area contributed by atoms with E-state index in [0.717, 1.165) is 23.1 Å². The first-order chi connectivity index (χ1) is 12.6. The Morgan fingerprint density at radius 2 is 2.08 bits per heavy atom. The van der Waals surface area contributed by atoms with Gasteiger partial charge in [0, 0.05) is 17.5 Å². The van der Waals surface area contributed by atoms with Crippen LogP contribution in [0.25, 0.3) is 0 Å². The summed E-state index contributed by atoms with van der Waals surface area (Å²) in [6.07, 6.45) is 2.52. The number of unbranched alkanes of at least 4 members (excludes halogenated alkanes) is 1. The molecular weight excluding hydrogens is 352 g/mol. The van der Waals surface area contributed by atoms with Gasteiger partial charge in [-0.15, -0.1) is 0 Å². The number of fused-ring (bicyclic) bond motifs is 1. The second kappa shape index (κ2) is 9.68. The molecule has 1 heterocycles. The minimum atomic E-state index is -0.616. The zero-order valence-corrected chi connectivity index (χ0v) is 15.4. The molecule has 1 aromatic rings. The van der Waals surface area contributed by atoms with E-state index in [2.05, 4.69) is 6.58 Å². The molecule has 7 heteroatoms. The van der Waals surface area contributed by atoms with E-state index in [4.69, 9.17) is 9.47 Å². The van der Waals surface area contributed by atoms with Crippen molar-refractivity contribution in [2.45, 2.75) is 24.7 Å². The van der Waals surface area contributed by atoms with Crippen molar-refractivity contribution < 1.29 is 19.1 Å². The highest BCUT2D eigenvalue weighted by atomic mass is 32.2. The fourth-order valence-corrected chi connectivity index (χ4v) is 3.60. The minimum absolute atomic E-state index is 0.00568. The van der Waals surface area contributed by atoms with Crippen LogP contribution in [-0.2, 0) is 19.1 Å². The smallest absolute Gasteiger partial charge is 0.351 e. The maximum Gasteiger partial charge on any atom is 0.351 e. The lowest BCUT2D eigenvalue weighted by Gasteiger charge is -2.21. The molecule has 0 bridgehead atoms. The number of ether oxygens (including phenoxy) is 2. The van der Waals surface area contributed by atoms with Crippen molar-refractivity contribution >= 4 is 29.4 Å². The van der Waals surface area contributed by atoms with Gasteiger partial charge in [-0.25, -0.2) is 9.59 Å². The molecule has 2 rings (SSSR count). The van der Waals surface area contributed by atoms with Crippen molar-refractivity contribution in [3.63, 3.8) is 0 Å². The van der Waals surface area contributed by atoms with Crippen LogP contribution in [0.4, 0.5) is 5.69 Å². The first-order valence-corrected chi connectivity index (χ1v) is 9.09. The minimum Gasteiger partial charge on any atom is -0.463 e. The van der Waals surface area contributed by atoms with Crippen molar-refractivity contribution in [1.82, 2.24) is 0 Å². The molecular formula is C19H20N2O4S. The van der Waals surface area contributed by atoms with Crippen molar-refractivity contribution in [3.05, 3.63) is 47.5 Å². The van der Waals surface area contributed by atoms with Crippen LogP contribution in [0.5, 0.6) is 0 Å². The van der Waals surface area contributed by atoms with Crippen LogP contribution in [0, 0.1) is 11.3 Å². The fraction of sp³-hybridized carbons (Fsp3) is 0.316. The topological polar surface area (TPSA) is 79.6 Å². The number of nitriles is 1. The van der Waals surface area contributed by atoms with E-state index >= 15 is 0 Å². The number of carbonyl (C=O) groups excluding carboxylic acids is 2. The van der Waals surface area contributed by atoms with Crippen LogP contribution >= 0.6 is 11.8 Å². The predicted octanol–water partition coefficient (Wildman–Crippen LogP) is 3.41. The Kier molecular flexibility index (Phi) is 7.30. The number of hydrogen-bond donors (Lipinski definition) is 0. The van der Waals surface area contributed by atoms with Crippen molar-refractivity contribution in [1.29, 1.82) is 5.26 Å². The summed E-state index contributed by atoms with van der Waals surface area (Å²) >= 11 is 1.39. The van der Waals surface area contributed by atoms with E-state index < -0.39 is 11.9 Å². The van der Waals surface area contributed by atoms with E-state index in [0.29, 0.717) is 24.6 Å². The molecule has 1 aromatic carbocycles. The van der Waals surface area contributed by atoms with E-state index in [1.807, 2.05) is 35.2 Å². The lowest BCUT2D eigenvalue weighted by molar-refractivity contribution is -0.138. The SMILES string of the molecule is C=CC(=O)OCCCCN1C(=C(C#N)C(=O)OCC)Sc2ccccc21. The molecule has 0 saturated heterocycles. The van der Waals surface area contributed by atoms with Gasteiger partial charge in [-0.1, -0.05) is 30.5 Å². The quantitative estimate of drug-likeness (QED) is 0.299. The van der Waals surface area contributed by atoms with Gasteiger partial charge in [0.25, 0.3) is 0 Å². The van der Waals surface area contributed by atoms with Crippen LogP contribution in [0.2, 0.25) is 0 Å². The van der Waals surface area contributed by atoms with E-state index in [-0.39, 0.29) is 12.2 Å². The first-order valence-electron chi connectivity index (χ1n) is 8.27. The van der Waals surface area contributed by atoms with Gasteiger partial charge in [0.05, 0.1) is 18.9 Å². The number of nitrogens with zero attached hydrogens (tertiary/aromatic N) is 2. The Labute approximate surface area is 157 Å². The van der Waals surface area contributed by atoms with Crippen LogP contribution < -0.4 is 4.90 Å². The largest absolute Gasteiger partial charge is 0.463 e. The maximum atomic E-state index is 12.1. The summed E-state index contributed by atoms with van der Waals surface area (Å²) in [5, 5.41) is 10.0. The molecule has 6 nitrogen and oxygen atoms in total. The van der Waals surface area contributed by atoms with Crippen LogP contribution in [-0.4, -0.2) is 31.7 Å². The zero-order chi connectivity index (χ0) is 18.9. The van der Waals surface area contributed by atoms with Gasteiger partial charge in [0.1, 0.15) is 11.1 Å². The van der Waals surface area contributed by atoms with Crippen LogP contribution in [0.1, 0.15) is 19.8 Å². The Morgan fingerprint density at radius 1 is 1.31 bits per heavy atom. The second-order valence-corrected chi connectivity index (χ2v) is 6.34. The van der Waals surface area contributed by atoms with Crippen molar-refractivity contribution in [2.24, 2.45) is 0 Å². The molecule has 0 saturated carbocycles. The Hall–Kier alpha value is -2.72. The average Bonchev–Trinajstić information content (AvgIpc) is 3.00. The van der Waals surface area contributed by atoms with Crippen molar-refractivity contribution in [3.8, 4) is 6.07 Å². The summed E-state index contributed by atoms with van der Waals surface area (Å²) < 4.78 is 9.98. The number of carbonyl (C=O) groups is 2. The lowest BCUT2D eigenvalue weighted by Crippen LogP contribution is -2.23. The first kappa shape index (κ1) is 19.6. The predicted molar refractivity (Wildman–Crippen MR) is 99.3 cm³/mol. The third kappa shape index (κ3) is 4.67. The van der Waals surface area contributed by atoms with E-state index in [1.54, 1.807) is 6.92 Å². The van der Waals surface area contributed by atoms with E-state index in [1.165, 1.54) is 11.8 Å². The molecule has 1 aliphatic rings. The highest BCUT2D eigenvalue weighted by Crippen LogP contribution is 2.47. The van der Waals surface area contributed by atoms with Crippen LogP contribution in [0.3, 0.4) is 0 Å². The summed E-state index contributed by atoms with van der Waals surface area (Å²) in [6.45, 7) is 6.16. The Balaban J connectivity index is 2.15. The molecule has 1 aliphatic heterocycles. The molecule has 136 valence electrons. The third-order valence-corrected chi connectivity index (χ3v) is 4.78. The molecule has 0 radical (unpaired) electrons. The van der Waals surface area contributed by atoms with Crippen LogP contribution in [0.15, 0.2) is 52.4 Å². The van der Waals surface area contributed by atoms with Gasteiger partial charge in [-0.3, -0.25) is 0 Å². The zero-order valence-electron chi connectivity index (χ0n) is 14.6. The summed E-state index contributed by atoms with van der Waals surface area (Å²) in [4.78, 5) is 26.1. The molecule has 0 fully saturated rings. The summed E-state index contributed by atoms with van der Waals surface area (Å²) in [7, 11) is 0. The van der Waals surface area contributed by atoms with Gasteiger partial charge in [0.15, 0.2) is 5.57 Å². The molecule has 26 heavy (non-hydrogen) atoms. The molecule has 0 spiro atoms. The molecule has 0 amide bonds. The number of anilines is 1. The Bertz CT molecular complexity index is 767.